The number of hydrogen-bond donors (Lipinski definition) is 0. The van der Waals surface area contributed by atoms with Crippen LogP contribution in [0.2, 0.25) is 5.15 Å². The molecule has 1 amide bonds. The summed E-state index contributed by atoms with van der Waals surface area (Å²) in [5.41, 5.74) is 0.972. The van der Waals surface area contributed by atoms with E-state index in [-0.39, 0.29) is 5.49 Å². The molecule has 2 rings (SSSR count). The van der Waals surface area contributed by atoms with Gasteiger partial charge in [0.05, 0.1) is 6.54 Å². The van der Waals surface area contributed by atoms with Gasteiger partial charge in [0.15, 0.2) is 0 Å². The van der Waals surface area contributed by atoms with Gasteiger partial charge in [0.2, 0.25) is 0 Å². The van der Waals surface area contributed by atoms with Crippen LogP contribution in [0.4, 0.5) is 8.78 Å². The van der Waals surface area contributed by atoms with E-state index < -0.39 is 12.3 Å². The second-order valence-electron chi connectivity index (χ2n) is 3.93. The lowest BCUT2D eigenvalue weighted by Gasteiger charge is -2.07. The largest absolute Gasteiger partial charge is 0.328 e. The number of hydrogen-bond acceptors (Lipinski definition) is 2. The lowest BCUT2D eigenvalue weighted by Crippen LogP contribution is -2.23. The quantitative estimate of drug-likeness (QED) is 0.816. The molecule has 0 fully saturated rings. The maximum Gasteiger partial charge on any atom is 0.317 e. The molecule has 0 atom stereocenters. The fourth-order valence-corrected chi connectivity index (χ4v) is 1.67. The van der Waals surface area contributed by atoms with Gasteiger partial charge >= 0.3 is 12.3 Å². The monoisotopic (exact) mass is 297 g/mol. The highest BCUT2D eigenvalue weighted by molar-refractivity contribution is 6.29. The Morgan fingerprint density at radius 1 is 1.35 bits per heavy atom. The van der Waals surface area contributed by atoms with E-state index in [1.54, 1.807) is 41.2 Å². The Balaban J connectivity index is 2.33. The summed E-state index contributed by atoms with van der Waals surface area (Å²) in [6.07, 6.45) is 0.105. The van der Waals surface area contributed by atoms with Gasteiger partial charge in [-0.2, -0.15) is 13.8 Å². The molecule has 0 aliphatic heterocycles. The van der Waals surface area contributed by atoms with Crippen molar-refractivity contribution >= 4 is 17.5 Å². The minimum Gasteiger partial charge on any atom is -0.328 e. The standard InChI is InChI=1S/C13H10ClF2N3O/c14-10-5-4-9(7-17-10)8-19-6-2-1-3-11(19)18-13(20)12(15)16/h1-7,12H,8H2/b18-11-. The molecule has 0 N–H and O–H groups in total. The number of aromatic nitrogens is 2. The van der Waals surface area contributed by atoms with Crippen LogP contribution in [0.25, 0.3) is 0 Å². The van der Waals surface area contributed by atoms with E-state index in [0.717, 1.165) is 5.56 Å². The molecular formula is C13H10ClF2N3O. The maximum atomic E-state index is 12.2. The van der Waals surface area contributed by atoms with E-state index in [4.69, 9.17) is 11.6 Å². The van der Waals surface area contributed by atoms with E-state index in [9.17, 15) is 13.6 Å². The van der Waals surface area contributed by atoms with Gasteiger partial charge in [-0.25, -0.2) is 4.98 Å². The van der Waals surface area contributed by atoms with Gasteiger partial charge in [0.25, 0.3) is 0 Å². The molecule has 0 spiro atoms. The van der Waals surface area contributed by atoms with E-state index in [1.807, 2.05) is 0 Å². The lowest BCUT2D eigenvalue weighted by atomic mass is 10.3. The minimum absolute atomic E-state index is 0.160. The summed E-state index contributed by atoms with van der Waals surface area (Å²) >= 11 is 5.69. The van der Waals surface area contributed by atoms with Crippen molar-refractivity contribution in [3.8, 4) is 0 Å². The Morgan fingerprint density at radius 2 is 2.15 bits per heavy atom. The molecule has 0 aliphatic rings. The Morgan fingerprint density at radius 3 is 2.80 bits per heavy atom. The van der Waals surface area contributed by atoms with E-state index in [0.29, 0.717) is 11.7 Å². The molecule has 0 unspecified atom stereocenters. The van der Waals surface area contributed by atoms with Crippen LogP contribution in [0.3, 0.4) is 0 Å². The van der Waals surface area contributed by atoms with Crippen LogP contribution in [0, 0.1) is 0 Å². The molecule has 4 nitrogen and oxygen atoms in total. The Bertz CT molecular complexity index is 668. The first-order chi connectivity index (χ1) is 9.56. The van der Waals surface area contributed by atoms with Gasteiger partial charge in [-0.15, -0.1) is 0 Å². The number of carbonyl (C=O) groups is 1. The molecular weight excluding hydrogens is 288 g/mol. The first-order valence-corrected chi connectivity index (χ1v) is 6.06. The fraction of sp³-hybridized carbons (Fsp3) is 0.154. The van der Waals surface area contributed by atoms with E-state index in [1.165, 1.54) is 6.07 Å². The second kappa shape index (κ2) is 6.38. The van der Waals surface area contributed by atoms with Crippen LogP contribution in [0.5, 0.6) is 0 Å². The highest BCUT2D eigenvalue weighted by Gasteiger charge is 2.13. The Labute approximate surface area is 118 Å². The maximum absolute atomic E-state index is 12.2. The summed E-state index contributed by atoms with van der Waals surface area (Å²) in [5, 5.41) is 0.365. The van der Waals surface area contributed by atoms with Crippen molar-refractivity contribution in [1.82, 2.24) is 9.55 Å². The third-order valence-corrected chi connectivity index (χ3v) is 2.69. The summed E-state index contributed by atoms with van der Waals surface area (Å²) in [4.78, 5) is 18.3. The number of alkyl halides is 2. The van der Waals surface area contributed by atoms with Crippen molar-refractivity contribution < 1.29 is 13.6 Å². The SMILES string of the molecule is O=C(/N=c1/ccccn1Cc1ccc(Cl)nc1)C(F)F. The first kappa shape index (κ1) is 14.3. The third kappa shape index (κ3) is 3.71. The topological polar surface area (TPSA) is 47.2 Å². The van der Waals surface area contributed by atoms with Crippen LogP contribution in [0.1, 0.15) is 5.56 Å². The van der Waals surface area contributed by atoms with E-state index >= 15 is 0 Å². The van der Waals surface area contributed by atoms with Crippen LogP contribution in [-0.4, -0.2) is 21.9 Å². The Kier molecular flexibility index (Phi) is 4.57. The summed E-state index contributed by atoms with van der Waals surface area (Å²) in [6, 6.07) is 8.21. The molecule has 0 radical (unpaired) electrons. The second-order valence-corrected chi connectivity index (χ2v) is 4.31. The summed E-state index contributed by atoms with van der Waals surface area (Å²) in [6.45, 7) is 0.348. The number of nitrogens with zero attached hydrogens (tertiary/aromatic N) is 3. The predicted octanol–water partition coefficient (Wildman–Crippen LogP) is 2.28. The smallest absolute Gasteiger partial charge is 0.317 e. The van der Waals surface area contributed by atoms with Crippen molar-refractivity contribution in [2.75, 3.05) is 0 Å². The molecule has 20 heavy (non-hydrogen) atoms. The van der Waals surface area contributed by atoms with Crippen LogP contribution in [-0.2, 0) is 11.3 Å². The normalized spacial score (nSPS) is 11.9. The van der Waals surface area contributed by atoms with Gasteiger partial charge in [0.1, 0.15) is 10.6 Å². The van der Waals surface area contributed by atoms with Crippen molar-refractivity contribution in [3.63, 3.8) is 0 Å². The minimum atomic E-state index is -3.11. The van der Waals surface area contributed by atoms with Crippen molar-refractivity contribution in [1.29, 1.82) is 0 Å². The van der Waals surface area contributed by atoms with Gasteiger partial charge < -0.3 is 4.57 Å². The number of amides is 1. The van der Waals surface area contributed by atoms with Crippen LogP contribution < -0.4 is 5.49 Å². The molecule has 2 aromatic rings. The molecule has 0 saturated heterocycles. The van der Waals surface area contributed by atoms with Crippen molar-refractivity contribution in [3.05, 3.63) is 58.9 Å². The van der Waals surface area contributed by atoms with Crippen LogP contribution >= 0.6 is 11.6 Å². The summed E-state index contributed by atoms with van der Waals surface area (Å²) in [7, 11) is 0. The molecule has 0 saturated carbocycles. The average molecular weight is 298 g/mol. The molecule has 104 valence electrons. The lowest BCUT2D eigenvalue weighted by molar-refractivity contribution is -0.128. The van der Waals surface area contributed by atoms with Crippen LogP contribution in [0.15, 0.2) is 47.7 Å². The molecule has 0 bridgehead atoms. The highest BCUT2D eigenvalue weighted by atomic mass is 35.5. The van der Waals surface area contributed by atoms with Gasteiger partial charge in [-0.1, -0.05) is 23.7 Å². The fourth-order valence-electron chi connectivity index (χ4n) is 1.56. The van der Waals surface area contributed by atoms with Gasteiger partial charge in [-0.05, 0) is 23.8 Å². The number of halogens is 3. The molecule has 2 heterocycles. The summed E-state index contributed by atoms with van der Waals surface area (Å²) < 4.78 is 26.1. The number of pyridine rings is 2. The average Bonchev–Trinajstić information content (AvgIpc) is 2.43. The van der Waals surface area contributed by atoms with E-state index in [2.05, 4.69) is 9.98 Å². The summed E-state index contributed by atoms with van der Waals surface area (Å²) in [5.74, 6) is -1.46. The zero-order valence-corrected chi connectivity index (χ0v) is 11.0. The number of carbonyl (C=O) groups excluding carboxylic acids is 1. The highest BCUT2D eigenvalue weighted by Crippen LogP contribution is 2.06. The Hall–Kier alpha value is -2.08. The molecule has 0 aromatic carbocycles. The van der Waals surface area contributed by atoms with Crippen molar-refractivity contribution in [2.45, 2.75) is 13.0 Å². The zero-order valence-electron chi connectivity index (χ0n) is 10.2. The molecule has 7 heteroatoms. The predicted molar refractivity (Wildman–Crippen MR) is 69.4 cm³/mol. The molecule has 0 aliphatic carbocycles. The van der Waals surface area contributed by atoms with Gasteiger partial charge in [-0.3, -0.25) is 4.79 Å². The number of rotatable bonds is 3. The van der Waals surface area contributed by atoms with Gasteiger partial charge in [0, 0.05) is 12.4 Å². The van der Waals surface area contributed by atoms with Crippen molar-refractivity contribution in [2.24, 2.45) is 4.99 Å². The zero-order chi connectivity index (χ0) is 14.5. The molecule has 2 aromatic heterocycles. The first-order valence-electron chi connectivity index (χ1n) is 5.69. The third-order valence-electron chi connectivity index (χ3n) is 2.47.